The average Bonchev–Trinajstić information content (AvgIpc) is 3.43. The lowest BCUT2D eigenvalue weighted by molar-refractivity contribution is -0.136. The fourth-order valence-corrected chi connectivity index (χ4v) is 5.27. The van der Waals surface area contributed by atoms with Crippen molar-refractivity contribution in [3.63, 3.8) is 0 Å². The SMILES string of the molecule is O=C(NNCC(F)(F)F)[C@@]1(Cc2ccc(Br)cc2)N=C(c2ccc(OCCCO)cc2)O[C@H]1c1ccc(-c2ccccc2)cc1. The molecule has 5 rings (SSSR count). The number of halogens is 4. The topological polar surface area (TPSA) is 92.2 Å². The minimum atomic E-state index is -4.54. The van der Waals surface area contributed by atoms with Gasteiger partial charge >= 0.3 is 6.18 Å². The third-order valence-corrected chi connectivity index (χ3v) is 7.76. The van der Waals surface area contributed by atoms with E-state index in [4.69, 9.17) is 19.6 Å². The van der Waals surface area contributed by atoms with Gasteiger partial charge in [-0.3, -0.25) is 10.2 Å². The number of carbonyl (C=O) groups is 1. The Kier molecular flexibility index (Phi) is 10.2. The lowest BCUT2D eigenvalue weighted by Crippen LogP contribution is -2.55. The van der Waals surface area contributed by atoms with E-state index in [0.29, 0.717) is 29.9 Å². The van der Waals surface area contributed by atoms with Crippen LogP contribution in [0, 0.1) is 0 Å². The number of nitrogens with zero attached hydrogens (tertiary/aromatic N) is 1. The summed E-state index contributed by atoms with van der Waals surface area (Å²) >= 11 is 3.42. The molecule has 0 aliphatic carbocycles. The Balaban J connectivity index is 1.55. The highest BCUT2D eigenvalue weighted by Gasteiger charge is 2.53. The highest BCUT2D eigenvalue weighted by molar-refractivity contribution is 9.10. The van der Waals surface area contributed by atoms with Gasteiger partial charge in [0.2, 0.25) is 5.90 Å². The third kappa shape index (κ3) is 8.10. The summed E-state index contributed by atoms with van der Waals surface area (Å²) in [5.74, 6) is -0.0306. The summed E-state index contributed by atoms with van der Waals surface area (Å²) < 4.78 is 51.9. The van der Waals surface area contributed by atoms with Crippen LogP contribution in [0.25, 0.3) is 11.1 Å². The Morgan fingerprint density at radius 1 is 0.911 bits per heavy atom. The Morgan fingerprint density at radius 2 is 1.56 bits per heavy atom. The number of benzene rings is 4. The Morgan fingerprint density at radius 3 is 2.20 bits per heavy atom. The van der Waals surface area contributed by atoms with Crippen molar-refractivity contribution in [3.8, 4) is 16.9 Å². The lowest BCUT2D eigenvalue weighted by Gasteiger charge is -2.31. The first-order valence-electron chi connectivity index (χ1n) is 14.3. The molecule has 7 nitrogen and oxygen atoms in total. The number of nitrogens with one attached hydrogen (secondary N) is 2. The van der Waals surface area contributed by atoms with Crippen LogP contribution in [0.3, 0.4) is 0 Å². The van der Waals surface area contributed by atoms with Gasteiger partial charge in [0.1, 0.15) is 12.3 Å². The van der Waals surface area contributed by atoms with E-state index in [1.807, 2.05) is 84.3 Å². The van der Waals surface area contributed by atoms with Gasteiger partial charge in [-0.25, -0.2) is 10.4 Å². The van der Waals surface area contributed by atoms with Crippen LogP contribution < -0.4 is 15.6 Å². The fraction of sp³-hybridized carbons (Fsp3) is 0.235. The highest BCUT2D eigenvalue weighted by Crippen LogP contribution is 2.43. The van der Waals surface area contributed by atoms with Crippen LogP contribution in [0.2, 0.25) is 0 Å². The molecule has 0 saturated carbocycles. The van der Waals surface area contributed by atoms with E-state index in [1.54, 1.807) is 24.3 Å². The van der Waals surface area contributed by atoms with Crippen molar-refractivity contribution in [2.75, 3.05) is 19.8 Å². The molecule has 0 aromatic heterocycles. The van der Waals surface area contributed by atoms with Gasteiger partial charge < -0.3 is 14.6 Å². The second-order valence-corrected chi connectivity index (χ2v) is 11.4. The molecule has 45 heavy (non-hydrogen) atoms. The molecule has 4 aromatic rings. The monoisotopic (exact) mass is 681 g/mol. The number of aliphatic imine (C=N–C) groups is 1. The van der Waals surface area contributed by atoms with Gasteiger partial charge in [-0.1, -0.05) is 82.7 Å². The van der Waals surface area contributed by atoms with Crippen molar-refractivity contribution >= 4 is 27.7 Å². The molecular weight excluding hydrogens is 651 g/mol. The zero-order chi connectivity index (χ0) is 31.9. The van der Waals surface area contributed by atoms with Gasteiger partial charge in [0.15, 0.2) is 11.6 Å². The van der Waals surface area contributed by atoms with Crippen molar-refractivity contribution in [2.45, 2.75) is 30.7 Å². The number of hydrogen-bond acceptors (Lipinski definition) is 6. The van der Waals surface area contributed by atoms with Crippen molar-refractivity contribution in [1.29, 1.82) is 0 Å². The number of ether oxygens (including phenoxy) is 2. The number of hydrogen-bond donors (Lipinski definition) is 3. The van der Waals surface area contributed by atoms with Gasteiger partial charge in [-0.05, 0) is 58.7 Å². The van der Waals surface area contributed by atoms with E-state index < -0.39 is 30.3 Å². The van der Waals surface area contributed by atoms with E-state index in [1.165, 1.54) is 0 Å². The summed E-state index contributed by atoms with van der Waals surface area (Å²) in [5.41, 5.74) is 6.47. The zero-order valence-corrected chi connectivity index (χ0v) is 25.6. The summed E-state index contributed by atoms with van der Waals surface area (Å²) in [4.78, 5) is 18.8. The number of aliphatic hydroxyl groups is 1. The van der Waals surface area contributed by atoms with Crippen molar-refractivity contribution in [2.24, 2.45) is 4.99 Å². The van der Waals surface area contributed by atoms with Gasteiger partial charge in [-0.2, -0.15) is 13.2 Å². The molecule has 11 heteroatoms. The Hall–Kier alpha value is -4.19. The molecule has 4 aromatic carbocycles. The summed E-state index contributed by atoms with van der Waals surface area (Å²) in [6.07, 6.45) is -5.00. The lowest BCUT2D eigenvalue weighted by atomic mass is 9.82. The largest absolute Gasteiger partial charge is 0.494 e. The second-order valence-electron chi connectivity index (χ2n) is 10.5. The van der Waals surface area contributed by atoms with Crippen LogP contribution in [0.4, 0.5) is 13.2 Å². The molecular formula is C34H31BrF3N3O4. The molecule has 3 N–H and O–H groups in total. The van der Waals surface area contributed by atoms with Crippen LogP contribution in [0.1, 0.15) is 29.2 Å². The van der Waals surface area contributed by atoms with E-state index in [0.717, 1.165) is 21.2 Å². The Bertz CT molecular complexity index is 1600. The van der Waals surface area contributed by atoms with E-state index in [-0.39, 0.29) is 18.9 Å². The number of rotatable bonds is 12. The van der Waals surface area contributed by atoms with E-state index in [2.05, 4.69) is 21.4 Å². The van der Waals surface area contributed by atoms with Crippen molar-refractivity contribution in [1.82, 2.24) is 10.9 Å². The normalized spacial score (nSPS) is 17.8. The third-order valence-electron chi connectivity index (χ3n) is 7.23. The van der Waals surface area contributed by atoms with Crippen LogP contribution in [0.15, 0.2) is 113 Å². The minimum absolute atomic E-state index is 0.0107. The molecule has 1 amide bonds. The summed E-state index contributed by atoms with van der Waals surface area (Å²) in [6, 6.07) is 31.5. The van der Waals surface area contributed by atoms with Gasteiger partial charge in [0, 0.05) is 29.5 Å². The molecule has 0 saturated heterocycles. The smallest absolute Gasteiger partial charge is 0.402 e. The standard InChI is InChI=1S/C34H31BrF3N3O4/c35-28-15-7-23(8-16-28)21-33(32(43)41-39-22-34(36,37)38)30(26-11-9-25(10-12-26)24-5-2-1-3-6-24)45-31(40-33)27-13-17-29(18-14-27)44-20-4-19-42/h1-3,5-18,30,39,42H,4,19-22H2,(H,41,43)/t30-,33-/m0/s1. The predicted molar refractivity (Wildman–Crippen MR) is 169 cm³/mol. The highest BCUT2D eigenvalue weighted by atomic mass is 79.9. The summed E-state index contributed by atoms with van der Waals surface area (Å²) in [5, 5.41) is 9.02. The zero-order valence-electron chi connectivity index (χ0n) is 24.1. The molecule has 1 aliphatic rings. The number of amides is 1. The molecule has 2 atom stereocenters. The van der Waals surface area contributed by atoms with Crippen LogP contribution >= 0.6 is 15.9 Å². The van der Waals surface area contributed by atoms with Gasteiger partial charge in [0.25, 0.3) is 5.91 Å². The summed E-state index contributed by atoms with van der Waals surface area (Å²) in [7, 11) is 0. The van der Waals surface area contributed by atoms with Crippen LogP contribution in [-0.2, 0) is 16.0 Å². The number of aliphatic hydroxyl groups excluding tert-OH is 1. The molecule has 1 heterocycles. The Labute approximate surface area is 267 Å². The summed E-state index contributed by atoms with van der Waals surface area (Å²) in [6.45, 7) is -1.06. The van der Waals surface area contributed by atoms with E-state index in [9.17, 15) is 18.0 Å². The first-order valence-corrected chi connectivity index (χ1v) is 15.1. The molecule has 1 aliphatic heterocycles. The van der Waals surface area contributed by atoms with Gasteiger partial charge in [0.05, 0.1) is 6.61 Å². The second kappa shape index (κ2) is 14.3. The quantitative estimate of drug-likeness (QED) is 0.116. The van der Waals surface area contributed by atoms with Crippen LogP contribution in [-0.4, -0.2) is 48.4 Å². The molecule has 0 radical (unpaired) electrons. The van der Waals surface area contributed by atoms with E-state index >= 15 is 0 Å². The molecule has 0 bridgehead atoms. The fourth-order valence-electron chi connectivity index (χ4n) is 5.01. The maximum absolute atomic E-state index is 14.0. The van der Waals surface area contributed by atoms with Gasteiger partial charge in [-0.15, -0.1) is 0 Å². The number of carbonyl (C=O) groups excluding carboxylic acids is 1. The maximum atomic E-state index is 14.0. The number of hydrazine groups is 1. The molecule has 0 unspecified atom stereocenters. The average molecular weight is 683 g/mol. The minimum Gasteiger partial charge on any atom is -0.494 e. The molecule has 234 valence electrons. The maximum Gasteiger partial charge on any atom is 0.402 e. The first-order chi connectivity index (χ1) is 21.7. The first kappa shape index (κ1) is 32.2. The molecule has 0 fully saturated rings. The molecule has 0 spiro atoms. The number of alkyl halides is 3. The predicted octanol–water partition coefficient (Wildman–Crippen LogP) is 6.56. The van der Waals surface area contributed by atoms with Crippen molar-refractivity contribution in [3.05, 3.63) is 124 Å². The van der Waals surface area contributed by atoms with Crippen LogP contribution in [0.5, 0.6) is 5.75 Å². The van der Waals surface area contributed by atoms with Crippen molar-refractivity contribution < 1.29 is 32.5 Å².